The summed E-state index contributed by atoms with van der Waals surface area (Å²) in [4.78, 5) is 16.2. The molecule has 0 fully saturated rings. The van der Waals surface area contributed by atoms with Crippen LogP contribution in [0, 0.1) is 5.82 Å². The molecule has 0 saturated carbocycles. The molecule has 144 valence electrons. The van der Waals surface area contributed by atoms with Crippen LogP contribution in [0.15, 0.2) is 83.5 Å². The van der Waals surface area contributed by atoms with Crippen LogP contribution in [-0.2, 0) is 16.1 Å². The Morgan fingerprint density at radius 3 is 2.48 bits per heavy atom. The molecule has 0 bridgehead atoms. The van der Waals surface area contributed by atoms with Gasteiger partial charge < -0.3 is 9.47 Å². The van der Waals surface area contributed by atoms with E-state index in [-0.39, 0.29) is 17.2 Å². The van der Waals surface area contributed by atoms with Crippen LogP contribution in [0.1, 0.15) is 16.7 Å². The Morgan fingerprint density at radius 1 is 1.00 bits per heavy atom. The van der Waals surface area contributed by atoms with Gasteiger partial charge in [-0.3, -0.25) is 0 Å². The van der Waals surface area contributed by atoms with Crippen LogP contribution in [0.4, 0.5) is 4.39 Å². The number of carbonyl (C=O) groups excluding carboxylic acids is 1. The van der Waals surface area contributed by atoms with Crippen molar-refractivity contribution in [2.24, 2.45) is 4.99 Å². The Hall–Kier alpha value is -3.44. The lowest BCUT2D eigenvalue weighted by Crippen LogP contribution is -2.07. The predicted molar refractivity (Wildman–Crippen MR) is 109 cm³/mol. The van der Waals surface area contributed by atoms with Gasteiger partial charge in [0.2, 0.25) is 5.90 Å². The van der Waals surface area contributed by atoms with Crippen LogP contribution >= 0.6 is 11.6 Å². The summed E-state index contributed by atoms with van der Waals surface area (Å²) in [5.41, 5.74) is 1.88. The van der Waals surface area contributed by atoms with Crippen molar-refractivity contribution >= 4 is 29.5 Å². The topological polar surface area (TPSA) is 47.9 Å². The molecule has 0 aliphatic carbocycles. The van der Waals surface area contributed by atoms with Crippen molar-refractivity contribution in [2.45, 2.75) is 6.61 Å². The van der Waals surface area contributed by atoms with Crippen molar-refractivity contribution < 1.29 is 18.7 Å². The van der Waals surface area contributed by atoms with Crippen molar-refractivity contribution in [1.82, 2.24) is 0 Å². The van der Waals surface area contributed by atoms with E-state index in [4.69, 9.17) is 21.1 Å². The van der Waals surface area contributed by atoms with Gasteiger partial charge in [0.05, 0.1) is 5.56 Å². The molecule has 0 spiro atoms. The quantitative estimate of drug-likeness (QED) is 0.420. The maximum absolute atomic E-state index is 13.9. The van der Waals surface area contributed by atoms with E-state index in [1.54, 1.807) is 42.5 Å². The van der Waals surface area contributed by atoms with Gasteiger partial charge in [-0.25, -0.2) is 14.2 Å². The van der Waals surface area contributed by atoms with E-state index >= 15 is 0 Å². The lowest BCUT2D eigenvalue weighted by atomic mass is 10.2. The number of halogens is 2. The van der Waals surface area contributed by atoms with Crippen molar-refractivity contribution in [2.75, 3.05) is 0 Å². The van der Waals surface area contributed by atoms with E-state index in [1.165, 1.54) is 12.1 Å². The van der Waals surface area contributed by atoms with Gasteiger partial charge in [0.25, 0.3) is 0 Å². The van der Waals surface area contributed by atoms with Gasteiger partial charge in [0.15, 0.2) is 5.70 Å². The lowest BCUT2D eigenvalue weighted by molar-refractivity contribution is -0.129. The molecule has 0 aromatic heterocycles. The third-order valence-electron chi connectivity index (χ3n) is 4.26. The summed E-state index contributed by atoms with van der Waals surface area (Å²) in [7, 11) is 0. The molecule has 4 rings (SSSR count). The van der Waals surface area contributed by atoms with Gasteiger partial charge in [-0.05, 0) is 42.0 Å². The number of nitrogens with zero attached hydrogens (tertiary/aromatic N) is 1. The molecule has 0 amide bonds. The summed E-state index contributed by atoms with van der Waals surface area (Å²) < 4.78 is 24.7. The van der Waals surface area contributed by atoms with Gasteiger partial charge in [-0.1, -0.05) is 54.1 Å². The summed E-state index contributed by atoms with van der Waals surface area (Å²) in [6.07, 6.45) is 1.58. The number of cyclic esters (lactones) is 1. The second kappa shape index (κ2) is 8.29. The highest BCUT2D eigenvalue weighted by Gasteiger charge is 2.25. The largest absolute Gasteiger partial charge is 0.489 e. The molecule has 0 unspecified atom stereocenters. The third-order valence-corrected chi connectivity index (χ3v) is 4.63. The third kappa shape index (κ3) is 4.36. The van der Waals surface area contributed by atoms with Gasteiger partial charge in [0, 0.05) is 10.6 Å². The van der Waals surface area contributed by atoms with Crippen LogP contribution in [0.5, 0.6) is 5.75 Å². The number of benzene rings is 3. The average Bonchev–Trinajstić information content (AvgIpc) is 3.09. The first-order valence-electron chi connectivity index (χ1n) is 8.84. The van der Waals surface area contributed by atoms with Crippen molar-refractivity contribution in [3.63, 3.8) is 0 Å². The maximum atomic E-state index is 13.9. The molecule has 29 heavy (non-hydrogen) atoms. The summed E-state index contributed by atoms with van der Waals surface area (Å²) in [6, 6.07) is 20.6. The monoisotopic (exact) mass is 407 g/mol. The normalized spacial score (nSPS) is 14.6. The smallest absolute Gasteiger partial charge is 0.363 e. The molecule has 1 heterocycles. The molecule has 0 atom stereocenters. The summed E-state index contributed by atoms with van der Waals surface area (Å²) in [6.45, 7) is 0.350. The zero-order valence-corrected chi connectivity index (χ0v) is 15.9. The van der Waals surface area contributed by atoms with Crippen molar-refractivity contribution in [3.05, 3.63) is 106 Å². The minimum atomic E-state index is -0.623. The second-order valence-electron chi connectivity index (χ2n) is 6.27. The van der Waals surface area contributed by atoms with Crippen LogP contribution in [0.3, 0.4) is 0 Å². The van der Waals surface area contributed by atoms with E-state index in [0.29, 0.717) is 17.4 Å². The van der Waals surface area contributed by atoms with E-state index in [9.17, 15) is 9.18 Å². The maximum Gasteiger partial charge on any atom is 0.363 e. The first-order valence-corrected chi connectivity index (χ1v) is 9.22. The van der Waals surface area contributed by atoms with Gasteiger partial charge in [0.1, 0.15) is 18.2 Å². The fraction of sp³-hybridized carbons (Fsp3) is 0.0435. The zero-order valence-electron chi connectivity index (χ0n) is 15.1. The van der Waals surface area contributed by atoms with Gasteiger partial charge >= 0.3 is 5.97 Å². The lowest BCUT2D eigenvalue weighted by Gasteiger charge is -2.07. The molecule has 1 aliphatic heterocycles. The Morgan fingerprint density at radius 2 is 1.72 bits per heavy atom. The van der Waals surface area contributed by atoms with Crippen LogP contribution in [-0.4, -0.2) is 11.9 Å². The van der Waals surface area contributed by atoms with Crippen LogP contribution < -0.4 is 4.74 Å². The van der Waals surface area contributed by atoms with Gasteiger partial charge in [-0.2, -0.15) is 0 Å². The fourth-order valence-corrected chi connectivity index (χ4v) is 2.94. The highest BCUT2D eigenvalue weighted by molar-refractivity contribution is 6.31. The first kappa shape index (κ1) is 18.9. The Labute approximate surface area is 171 Å². The Bertz CT molecular complexity index is 1120. The van der Waals surface area contributed by atoms with E-state index < -0.39 is 11.8 Å². The second-order valence-corrected chi connectivity index (χ2v) is 6.67. The standard InChI is InChI=1S/C23H15ClFNO3/c24-19-7-3-1-5-16(19)14-28-17-11-9-15(10-12-17)13-21-23(27)29-22(26-21)18-6-2-4-8-20(18)25/h1-13H,14H2/b21-13-. The number of rotatable bonds is 5. The predicted octanol–water partition coefficient (Wildman–Crippen LogP) is 5.40. The number of hydrogen-bond acceptors (Lipinski definition) is 4. The van der Waals surface area contributed by atoms with Crippen LogP contribution in [0.25, 0.3) is 6.08 Å². The minimum Gasteiger partial charge on any atom is -0.489 e. The zero-order chi connectivity index (χ0) is 20.2. The number of ether oxygens (including phenoxy) is 2. The molecule has 4 nitrogen and oxygen atoms in total. The van der Waals surface area contributed by atoms with E-state index in [1.807, 2.05) is 24.3 Å². The summed E-state index contributed by atoms with van der Waals surface area (Å²) >= 11 is 6.12. The summed E-state index contributed by atoms with van der Waals surface area (Å²) in [5, 5.41) is 0.650. The molecular formula is C23H15ClFNO3. The number of esters is 1. The highest BCUT2D eigenvalue weighted by Crippen LogP contribution is 2.23. The molecule has 6 heteroatoms. The Kier molecular flexibility index (Phi) is 5.40. The van der Waals surface area contributed by atoms with E-state index in [2.05, 4.69) is 4.99 Å². The molecule has 3 aromatic carbocycles. The number of aliphatic imine (C=N–C) groups is 1. The first-order chi connectivity index (χ1) is 14.1. The fourth-order valence-electron chi connectivity index (χ4n) is 2.75. The molecule has 0 radical (unpaired) electrons. The number of hydrogen-bond donors (Lipinski definition) is 0. The van der Waals surface area contributed by atoms with Crippen molar-refractivity contribution in [1.29, 1.82) is 0 Å². The highest BCUT2D eigenvalue weighted by atomic mass is 35.5. The minimum absolute atomic E-state index is 0.0426. The molecule has 1 aliphatic rings. The average molecular weight is 408 g/mol. The molecule has 0 saturated heterocycles. The van der Waals surface area contributed by atoms with Crippen LogP contribution in [0.2, 0.25) is 5.02 Å². The Balaban J connectivity index is 1.48. The summed E-state index contributed by atoms with van der Waals surface area (Å²) in [5.74, 6) is -0.502. The van der Waals surface area contributed by atoms with Gasteiger partial charge in [-0.15, -0.1) is 0 Å². The van der Waals surface area contributed by atoms with E-state index in [0.717, 1.165) is 11.1 Å². The molecule has 3 aromatic rings. The molecular weight excluding hydrogens is 393 g/mol. The number of carbonyl (C=O) groups is 1. The SMILES string of the molecule is O=C1OC(c2ccccc2F)=N/C1=C\c1ccc(OCc2ccccc2Cl)cc1. The molecule has 0 N–H and O–H groups in total. The van der Waals surface area contributed by atoms with Crippen molar-refractivity contribution in [3.8, 4) is 5.75 Å².